The zero-order chi connectivity index (χ0) is 48.8. The van der Waals surface area contributed by atoms with Crippen LogP contribution in [0, 0.1) is 0 Å². The summed E-state index contributed by atoms with van der Waals surface area (Å²) in [5.41, 5.74) is 0. The zero-order valence-electron chi connectivity index (χ0n) is 43.8. The van der Waals surface area contributed by atoms with Gasteiger partial charge in [-0.1, -0.05) is 234 Å². The Hall–Kier alpha value is -3.22. The molecule has 0 aliphatic carbocycles. The van der Waals surface area contributed by atoms with E-state index in [1.807, 2.05) is 0 Å². The van der Waals surface area contributed by atoms with Gasteiger partial charge in [-0.2, -0.15) is 0 Å². The van der Waals surface area contributed by atoms with Gasteiger partial charge in [0.25, 0.3) is 0 Å². The highest BCUT2D eigenvalue weighted by molar-refractivity contribution is 5.77. The SMILES string of the molecule is CC/C=C\C/C=C\C/C=C\C/C=C\C/C=C\CCCC(CC(=O)NC(CO)C(O)CCCCCCCCCCCCCC)OC(=O)CCCCCCCC/C=C\C/C=C\C/C=C\CCCCC. The standard InChI is InChI=1S/C61H105NO5/c1-4-7-10-13-16-19-22-25-27-29-30-32-34-36-39-42-45-48-51-54-61(66)67-57(52-49-46-43-40-37-35-33-31-28-26-23-20-17-14-11-8-5-2)55-60(65)62-58(56-63)59(64)53-50-47-44-41-38-24-21-18-15-12-9-6-3/h8,11,16-17,19-20,25-28,30,32-33,35,40,43,57-59,63-64H,4-7,9-10,12-15,18,21-24,29,31,34,36-39,41-42,44-56H2,1-3H3,(H,62,65)/b11-8-,19-16-,20-17-,27-25-,28-26-,32-30-,35-33-,43-40-. The number of nitrogens with one attached hydrogen (secondary N) is 1. The molecule has 384 valence electrons. The Balaban J connectivity index is 4.71. The maximum atomic E-state index is 13.2. The van der Waals surface area contributed by atoms with Gasteiger partial charge in [-0.15, -0.1) is 0 Å². The molecule has 3 atom stereocenters. The average Bonchev–Trinajstić information content (AvgIpc) is 3.32. The van der Waals surface area contributed by atoms with Gasteiger partial charge in [-0.25, -0.2) is 0 Å². The Kier molecular flexibility index (Phi) is 51.1. The lowest BCUT2D eigenvalue weighted by Crippen LogP contribution is -2.46. The molecule has 0 aromatic carbocycles. The molecular formula is C61H105NO5. The first-order valence-corrected chi connectivity index (χ1v) is 28.0. The molecule has 0 aliphatic rings. The molecule has 0 fully saturated rings. The van der Waals surface area contributed by atoms with Gasteiger partial charge in [0.1, 0.15) is 6.10 Å². The fourth-order valence-corrected chi connectivity index (χ4v) is 7.94. The molecule has 0 saturated carbocycles. The molecule has 0 bridgehead atoms. The monoisotopic (exact) mass is 932 g/mol. The molecule has 6 heteroatoms. The first kappa shape index (κ1) is 63.8. The highest BCUT2D eigenvalue weighted by atomic mass is 16.5. The summed E-state index contributed by atoms with van der Waals surface area (Å²) in [5.74, 6) is -0.548. The van der Waals surface area contributed by atoms with E-state index in [9.17, 15) is 19.8 Å². The molecule has 0 radical (unpaired) electrons. The molecule has 0 aliphatic heterocycles. The van der Waals surface area contributed by atoms with Gasteiger partial charge in [0.15, 0.2) is 0 Å². The second-order valence-electron chi connectivity index (χ2n) is 18.6. The predicted molar refractivity (Wildman–Crippen MR) is 291 cm³/mol. The van der Waals surface area contributed by atoms with Crippen LogP contribution in [0.15, 0.2) is 97.2 Å². The van der Waals surface area contributed by atoms with Crippen molar-refractivity contribution in [3.05, 3.63) is 97.2 Å². The number of amides is 1. The summed E-state index contributed by atoms with van der Waals surface area (Å²) in [4.78, 5) is 26.2. The average molecular weight is 933 g/mol. The lowest BCUT2D eigenvalue weighted by atomic mass is 10.0. The lowest BCUT2D eigenvalue weighted by Gasteiger charge is -2.24. The van der Waals surface area contributed by atoms with E-state index in [2.05, 4.69) is 123 Å². The number of allylic oxidation sites excluding steroid dienone is 16. The van der Waals surface area contributed by atoms with Crippen LogP contribution in [0.5, 0.6) is 0 Å². The maximum Gasteiger partial charge on any atom is 0.306 e. The minimum Gasteiger partial charge on any atom is -0.462 e. The number of hydrogen-bond donors (Lipinski definition) is 3. The van der Waals surface area contributed by atoms with Crippen LogP contribution in [-0.4, -0.2) is 46.9 Å². The van der Waals surface area contributed by atoms with Crippen molar-refractivity contribution in [2.24, 2.45) is 0 Å². The van der Waals surface area contributed by atoms with E-state index in [-0.39, 0.29) is 24.9 Å². The highest BCUT2D eigenvalue weighted by Crippen LogP contribution is 2.17. The predicted octanol–water partition coefficient (Wildman–Crippen LogP) is 17.3. The number of carbonyl (C=O) groups is 2. The molecule has 3 unspecified atom stereocenters. The summed E-state index contributed by atoms with van der Waals surface area (Å²) in [6, 6.07) is -0.728. The van der Waals surface area contributed by atoms with Crippen molar-refractivity contribution >= 4 is 11.9 Å². The number of aliphatic hydroxyl groups excluding tert-OH is 2. The Morgan fingerprint density at radius 2 is 0.821 bits per heavy atom. The Labute approximate surface area is 414 Å². The van der Waals surface area contributed by atoms with Gasteiger partial charge < -0.3 is 20.3 Å². The highest BCUT2D eigenvalue weighted by Gasteiger charge is 2.24. The van der Waals surface area contributed by atoms with Crippen molar-refractivity contribution in [3.63, 3.8) is 0 Å². The number of carbonyl (C=O) groups excluding carboxylic acids is 2. The first-order chi connectivity index (χ1) is 33.0. The van der Waals surface area contributed by atoms with Gasteiger partial charge in [-0.05, 0) is 103 Å². The van der Waals surface area contributed by atoms with E-state index in [0.29, 0.717) is 19.3 Å². The molecule has 3 N–H and O–H groups in total. The molecule has 0 saturated heterocycles. The molecule has 0 aromatic rings. The number of esters is 1. The Morgan fingerprint density at radius 3 is 1.28 bits per heavy atom. The van der Waals surface area contributed by atoms with Crippen molar-refractivity contribution in [3.8, 4) is 0 Å². The fraction of sp³-hybridized carbons (Fsp3) is 0.705. The van der Waals surface area contributed by atoms with Crippen LogP contribution < -0.4 is 5.32 Å². The van der Waals surface area contributed by atoms with Crippen LogP contribution in [0.2, 0.25) is 0 Å². The van der Waals surface area contributed by atoms with E-state index in [1.165, 1.54) is 103 Å². The third kappa shape index (κ3) is 49.0. The number of rotatable bonds is 49. The summed E-state index contributed by atoms with van der Waals surface area (Å²) in [5, 5.41) is 23.8. The molecule has 0 rings (SSSR count). The summed E-state index contributed by atoms with van der Waals surface area (Å²) >= 11 is 0. The smallest absolute Gasteiger partial charge is 0.306 e. The molecule has 0 heterocycles. The molecule has 6 nitrogen and oxygen atoms in total. The van der Waals surface area contributed by atoms with Gasteiger partial charge in [0.2, 0.25) is 5.91 Å². The number of unbranched alkanes of at least 4 members (excludes halogenated alkanes) is 21. The lowest BCUT2D eigenvalue weighted by molar-refractivity contribution is -0.151. The number of ether oxygens (including phenoxy) is 1. The van der Waals surface area contributed by atoms with E-state index in [1.54, 1.807) is 0 Å². The third-order valence-electron chi connectivity index (χ3n) is 12.1. The molecule has 1 amide bonds. The summed E-state index contributed by atoms with van der Waals surface area (Å²) in [7, 11) is 0. The largest absolute Gasteiger partial charge is 0.462 e. The van der Waals surface area contributed by atoms with E-state index >= 15 is 0 Å². The molecule has 0 aromatic heterocycles. The van der Waals surface area contributed by atoms with Gasteiger partial charge in [-0.3, -0.25) is 9.59 Å². The van der Waals surface area contributed by atoms with Gasteiger partial charge in [0, 0.05) is 6.42 Å². The first-order valence-electron chi connectivity index (χ1n) is 28.0. The van der Waals surface area contributed by atoms with E-state index in [4.69, 9.17) is 4.74 Å². The van der Waals surface area contributed by atoms with Crippen LogP contribution in [-0.2, 0) is 14.3 Å². The van der Waals surface area contributed by atoms with Crippen molar-refractivity contribution < 1.29 is 24.5 Å². The van der Waals surface area contributed by atoms with Crippen molar-refractivity contribution in [2.45, 2.75) is 270 Å². The molecule has 67 heavy (non-hydrogen) atoms. The molecular weight excluding hydrogens is 827 g/mol. The molecule has 0 spiro atoms. The maximum absolute atomic E-state index is 13.2. The van der Waals surface area contributed by atoms with Crippen LogP contribution in [0.1, 0.15) is 252 Å². The number of hydrogen-bond acceptors (Lipinski definition) is 5. The van der Waals surface area contributed by atoms with Crippen molar-refractivity contribution in [1.29, 1.82) is 0 Å². The summed E-state index contributed by atoms with van der Waals surface area (Å²) < 4.78 is 5.92. The second-order valence-corrected chi connectivity index (χ2v) is 18.6. The van der Waals surface area contributed by atoms with Crippen LogP contribution >= 0.6 is 0 Å². The topological polar surface area (TPSA) is 95.9 Å². The fourth-order valence-electron chi connectivity index (χ4n) is 7.94. The minimum absolute atomic E-state index is 0.0283. The third-order valence-corrected chi connectivity index (χ3v) is 12.1. The zero-order valence-corrected chi connectivity index (χ0v) is 43.8. The van der Waals surface area contributed by atoms with E-state index in [0.717, 1.165) is 103 Å². The van der Waals surface area contributed by atoms with Gasteiger partial charge >= 0.3 is 5.97 Å². The quantitative estimate of drug-likeness (QED) is 0.0321. The summed E-state index contributed by atoms with van der Waals surface area (Å²) in [6.07, 6.45) is 71.8. The van der Waals surface area contributed by atoms with Crippen molar-refractivity contribution in [2.75, 3.05) is 6.61 Å². The van der Waals surface area contributed by atoms with Crippen LogP contribution in [0.4, 0.5) is 0 Å². The number of aliphatic hydroxyl groups is 2. The minimum atomic E-state index is -0.810. The van der Waals surface area contributed by atoms with Crippen LogP contribution in [0.25, 0.3) is 0 Å². The van der Waals surface area contributed by atoms with E-state index < -0.39 is 18.2 Å². The second kappa shape index (κ2) is 53.7. The summed E-state index contributed by atoms with van der Waals surface area (Å²) in [6.45, 7) is 6.32. The van der Waals surface area contributed by atoms with Gasteiger partial charge in [0.05, 0.1) is 25.2 Å². The normalized spacial score (nSPS) is 13.9. The van der Waals surface area contributed by atoms with Crippen molar-refractivity contribution in [1.82, 2.24) is 5.32 Å². The Bertz CT molecular complexity index is 1320. The van der Waals surface area contributed by atoms with Crippen LogP contribution in [0.3, 0.4) is 0 Å². The Morgan fingerprint density at radius 1 is 0.448 bits per heavy atom.